The molecule has 1 aliphatic heterocycles. The molecule has 1 N–H and O–H groups in total. The second-order valence-electron chi connectivity index (χ2n) is 8.08. The number of rotatable bonds is 4. The first kappa shape index (κ1) is 20.6. The van der Waals surface area contributed by atoms with Gasteiger partial charge in [-0.3, -0.25) is 4.79 Å². The first-order valence-corrected chi connectivity index (χ1v) is 9.41. The van der Waals surface area contributed by atoms with Crippen LogP contribution in [0.1, 0.15) is 52.5 Å². The van der Waals surface area contributed by atoms with Crippen LogP contribution in [0.15, 0.2) is 24.3 Å². The number of amides is 1. The molecule has 1 aliphatic rings. The van der Waals surface area contributed by atoms with Gasteiger partial charge in [0.15, 0.2) is 0 Å². The van der Waals surface area contributed by atoms with Crippen LogP contribution in [0, 0.1) is 5.41 Å². The molecule has 5 nitrogen and oxygen atoms in total. The molecule has 0 aromatic heterocycles. The molecule has 2 rings (SSSR count). The predicted molar refractivity (Wildman–Crippen MR) is 101 cm³/mol. The van der Waals surface area contributed by atoms with Crippen LogP contribution in [-0.2, 0) is 16.0 Å². The van der Waals surface area contributed by atoms with E-state index in [0.29, 0.717) is 37.3 Å². The Hall–Kier alpha value is -1.75. The summed E-state index contributed by atoms with van der Waals surface area (Å²) in [6, 6.07) is 7.14. The normalized spacial score (nSPS) is 23.6. The molecule has 144 valence electrons. The maximum Gasteiger partial charge on any atom is 0.410 e. The second-order valence-corrected chi connectivity index (χ2v) is 8.52. The zero-order chi connectivity index (χ0) is 19.5. The fourth-order valence-electron chi connectivity index (χ4n) is 3.53. The van der Waals surface area contributed by atoms with Crippen LogP contribution in [0.5, 0.6) is 0 Å². The number of aliphatic carboxylic acids is 1. The van der Waals surface area contributed by atoms with Crippen LogP contribution in [0.2, 0.25) is 5.02 Å². The van der Waals surface area contributed by atoms with Crippen LogP contribution < -0.4 is 0 Å². The Labute approximate surface area is 160 Å². The van der Waals surface area contributed by atoms with Crippen LogP contribution in [0.4, 0.5) is 4.79 Å². The average molecular weight is 382 g/mol. The number of nitrogens with zero attached hydrogens (tertiary/aromatic N) is 1. The third kappa shape index (κ3) is 4.91. The molecule has 2 atom stereocenters. The summed E-state index contributed by atoms with van der Waals surface area (Å²) in [6.07, 6.45) is 1.57. The maximum absolute atomic E-state index is 12.5. The van der Waals surface area contributed by atoms with Gasteiger partial charge in [-0.1, -0.05) is 30.7 Å². The van der Waals surface area contributed by atoms with Gasteiger partial charge in [0, 0.05) is 17.6 Å². The summed E-state index contributed by atoms with van der Waals surface area (Å²) in [5.41, 5.74) is -0.509. The lowest BCUT2D eigenvalue weighted by Gasteiger charge is -2.44. The first-order chi connectivity index (χ1) is 12.1. The van der Waals surface area contributed by atoms with Gasteiger partial charge in [-0.2, -0.15) is 0 Å². The van der Waals surface area contributed by atoms with E-state index in [0.717, 1.165) is 5.56 Å². The van der Waals surface area contributed by atoms with Gasteiger partial charge in [-0.25, -0.2) is 4.79 Å². The smallest absolute Gasteiger partial charge is 0.410 e. The van der Waals surface area contributed by atoms with Crippen molar-refractivity contribution in [3.63, 3.8) is 0 Å². The van der Waals surface area contributed by atoms with Crippen molar-refractivity contribution in [2.45, 2.75) is 65.0 Å². The monoisotopic (exact) mass is 381 g/mol. The highest BCUT2D eigenvalue weighted by Crippen LogP contribution is 2.40. The first-order valence-electron chi connectivity index (χ1n) is 9.04. The lowest BCUT2D eigenvalue weighted by atomic mass is 9.71. The van der Waals surface area contributed by atoms with E-state index < -0.39 is 17.0 Å². The third-order valence-corrected chi connectivity index (χ3v) is 5.16. The van der Waals surface area contributed by atoms with Gasteiger partial charge in [-0.05, 0) is 64.2 Å². The van der Waals surface area contributed by atoms with E-state index in [1.165, 1.54) is 0 Å². The topological polar surface area (TPSA) is 66.8 Å². The van der Waals surface area contributed by atoms with Crippen molar-refractivity contribution in [1.82, 2.24) is 4.90 Å². The summed E-state index contributed by atoms with van der Waals surface area (Å²) < 4.78 is 5.49. The second kappa shape index (κ2) is 7.87. The molecular weight excluding hydrogens is 354 g/mol. The standard InChI is InChI=1S/C20H28ClNO4/c1-5-16-13-20(17(23)24,12-14-6-8-15(21)9-7-14)10-11-22(16)18(25)26-19(2,3)4/h6-9,16H,5,10-13H2,1-4H3,(H,23,24). The van der Waals surface area contributed by atoms with E-state index in [9.17, 15) is 14.7 Å². The highest BCUT2D eigenvalue weighted by molar-refractivity contribution is 6.30. The van der Waals surface area contributed by atoms with E-state index in [2.05, 4.69) is 0 Å². The summed E-state index contributed by atoms with van der Waals surface area (Å²) in [5.74, 6) is -0.810. The Morgan fingerprint density at radius 3 is 2.42 bits per heavy atom. The molecule has 26 heavy (non-hydrogen) atoms. The average Bonchev–Trinajstić information content (AvgIpc) is 2.55. The number of ether oxygens (including phenoxy) is 1. The van der Waals surface area contributed by atoms with E-state index in [4.69, 9.17) is 16.3 Å². The molecule has 0 aliphatic carbocycles. The summed E-state index contributed by atoms with van der Waals surface area (Å²) in [5, 5.41) is 10.6. The number of hydrogen-bond acceptors (Lipinski definition) is 3. The molecular formula is C20H28ClNO4. The van der Waals surface area contributed by atoms with Crippen molar-refractivity contribution < 1.29 is 19.4 Å². The number of carboxylic acids is 1. The van der Waals surface area contributed by atoms with Crippen molar-refractivity contribution in [2.24, 2.45) is 5.41 Å². The fourth-order valence-corrected chi connectivity index (χ4v) is 3.66. The van der Waals surface area contributed by atoms with E-state index in [1.54, 1.807) is 17.0 Å². The fraction of sp³-hybridized carbons (Fsp3) is 0.600. The number of carbonyl (C=O) groups excluding carboxylic acids is 1. The number of piperidine rings is 1. The van der Waals surface area contributed by atoms with Crippen LogP contribution in [0.25, 0.3) is 0 Å². The minimum absolute atomic E-state index is 0.151. The van der Waals surface area contributed by atoms with Crippen LogP contribution in [0.3, 0.4) is 0 Å². The Balaban J connectivity index is 2.19. The van der Waals surface area contributed by atoms with Crippen LogP contribution >= 0.6 is 11.6 Å². The summed E-state index contributed by atoms with van der Waals surface area (Å²) in [7, 11) is 0. The Kier molecular flexibility index (Phi) is 6.22. The van der Waals surface area contributed by atoms with Gasteiger partial charge in [0.05, 0.1) is 5.41 Å². The van der Waals surface area contributed by atoms with Gasteiger partial charge in [0.25, 0.3) is 0 Å². The molecule has 1 heterocycles. The van der Waals surface area contributed by atoms with Crippen molar-refractivity contribution in [1.29, 1.82) is 0 Å². The van der Waals surface area contributed by atoms with Crippen LogP contribution in [-0.4, -0.2) is 40.3 Å². The van der Waals surface area contributed by atoms with Crippen molar-refractivity contribution in [3.8, 4) is 0 Å². The molecule has 1 saturated heterocycles. The van der Waals surface area contributed by atoms with Gasteiger partial charge in [0.1, 0.15) is 5.60 Å². The predicted octanol–water partition coefficient (Wildman–Crippen LogP) is 4.76. The van der Waals surface area contributed by atoms with Gasteiger partial charge >= 0.3 is 12.1 Å². The highest BCUT2D eigenvalue weighted by Gasteiger charge is 2.46. The molecule has 2 unspecified atom stereocenters. The molecule has 0 radical (unpaired) electrons. The number of halogens is 1. The molecule has 0 bridgehead atoms. The molecule has 1 aromatic rings. The van der Waals surface area contributed by atoms with Crippen molar-refractivity contribution >= 4 is 23.7 Å². The quantitative estimate of drug-likeness (QED) is 0.816. The van der Waals surface area contributed by atoms with E-state index in [1.807, 2.05) is 39.8 Å². The number of benzene rings is 1. The number of hydrogen-bond donors (Lipinski definition) is 1. The molecule has 1 aromatic carbocycles. The minimum Gasteiger partial charge on any atom is -0.481 e. The Morgan fingerprint density at radius 1 is 1.31 bits per heavy atom. The van der Waals surface area contributed by atoms with E-state index in [-0.39, 0.29) is 12.1 Å². The van der Waals surface area contributed by atoms with Gasteiger partial charge < -0.3 is 14.7 Å². The number of likely N-dealkylation sites (tertiary alicyclic amines) is 1. The Bertz CT molecular complexity index is 653. The molecule has 6 heteroatoms. The largest absolute Gasteiger partial charge is 0.481 e. The number of carbonyl (C=O) groups is 2. The van der Waals surface area contributed by atoms with Crippen molar-refractivity contribution in [2.75, 3.05) is 6.54 Å². The Morgan fingerprint density at radius 2 is 1.92 bits per heavy atom. The molecule has 1 amide bonds. The van der Waals surface area contributed by atoms with Crippen molar-refractivity contribution in [3.05, 3.63) is 34.9 Å². The zero-order valence-electron chi connectivity index (χ0n) is 15.9. The lowest BCUT2D eigenvalue weighted by molar-refractivity contribution is -0.153. The summed E-state index contributed by atoms with van der Waals surface area (Å²) in [4.78, 5) is 26.3. The molecule has 0 spiro atoms. The minimum atomic E-state index is -0.882. The summed E-state index contributed by atoms with van der Waals surface area (Å²) >= 11 is 5.93. The molecule has 0 saturated carbocycles. The maximum atomic E-state index is 12.5. The van der Waals surface area contributed by atoms with E-state index >= 15 is 0 Å². The number of carboxylic acid groups (broad SMARTS) is 1. The third-order valence-electron chi connectivity index (χ3n) is 4.91. The molecule has 1 fully saturated rings. The summed E-state index contributed by atoms with van der Waals surface area (Å²) in [6.45, 7) is 7.85. The SMILES string of the molecule is CCC1CC(Cc2ccc(Cl)cc2)(C(=O)O)CCN1C(=O)OC(C)(C)C. The van der Waals surface area contributed by atoms with Gasteiger partial charge in [-0.15, -0.1) is 0 Å². The zero-order valence-corrected chi connectivity index (χ0v) is 16.7. The van der Waals surface area contributed by atoms with Gasteiger partial charge in [0.2, 0.25) is 0 Å². The highest BCUT2D eigenvalue weighted by atomic mass is 35.5. The lowest BCUT2D eigenvalue weighted by Crippen LogP contribution is -2.53.